The molecule has 1 aromatic carbocycles. The van der Waals surface area contributed by atoms with Gasteiger partial charge < -0.3 is 4.90 Å². The number of Topliss-reactive ketones (excluding diaryl/α,β-unsaturated/α-hetero) is 1. The summed E-state index contributed by atoms with van der Waals surface area (Å²) < 4.78 is 0.888. The largest absolute Gasteiger partial charge is 0.305 e. The monoisotopic (exact) mass is 345 g/mol. The summed E-state index contributed by atoms with van der Waals surface area (Å²) in [6.07, 6.45) is 0.494. The summed E-state index contributed by atoms with van der Waals surface area (Å²) in [4.78, 5) is 14.3. The molecule has 0 N–H and O–H groups in total. The number of ketones is 1. The maximum atomic E-state index is 12.1. The number of rotatable bonds is 5. The standard InChI is InChI=1S/C15H21BrClNO/c1-15(2,3)10-18(4)8-7-14(19)12-6-5-11(16)9-13(12)17/h5-6,9H,7-8,10H2,1-4H3. The highest BCUT2D eigenvalue weighted by Gasteiger charge is 2.15. The van der Waals surface area contributed by atoms with E-state index in [9.17, 15) is 4.79 Å². The van der Waals surface area contributed by atoms with E-state index in [-0.39, 0.29) is 11.2 Å². The van der Waals surface area contributed by atoms with Crippen LogP contribution in [0.15, 0.2) is 22.7 Å². The first-order chi connectivity index (χ1) is 8.69. The lowest BCUT2D eigenvalue weighted by molar-refractivity contribution is 0.0961. The Kier molecular flexibility index (Phi) is 6.03. The third-order valence-corrected chi connectivity index (χ3v) is 3.50. The molecule has 0 saturated heterocycles. The molecule has 1 rings (SSSR count). The molecule has 0 aliphatic rings. The first-order valence-electron chi connectivity index (χ1n) is 6.36. The first kappa shape index (κ1) is 16.7. The maximum Gasteiger partial charge on any atom is 0.165 e. The van der Waals surface area contributed by atoms with Gasteiger partial charge in [-0.1, -0.05) is 48.3 Å². The third kappa shape index (κ3) is 6.07. The molecule has 1 aromatic rings. The molecular formula is C15H21BrClNO. The van der Waals surface area contributed by atoms with Gasteiger partial charge in [-0.05, 0) is 30.7 Å². The van der Waals surface area contributed by atoms with Gasteiger partial charge in [-0.2, -0.15) is 0 Å². The summed E-state index contributed by atoms with van der Waals surface area (Å²) in [6, 6.07) is 5.38. The molecule has 0 heterocycles. The van der Waals surface area contributed by atoms with Crippen LogP contribution >= 0.6 is 27.5 Å². The Bertz CT molecular complexity index is 454. The molecule has 2 nitrogen and oxygen atoms in total. The van der Waals surface area contributed by atoms with Crippen molar-refractivity contribution < 1.29 is 4.79 Å². The zero-order valence-electron chi connectivity index (χ0n) is 12.0. The Morgan fingerprint density at radius 1 is 1.37 bits per heavy atom. The zero-order chi connectivity index (χ0) is 14.6. The van der Waals surface area contributed by atoms with Crippen molar-refractivity contribution in [1.82, 2.24) is 4.90 Å². The topological polar surface area (TPSA) is 20.3 Å². The van der Waals surface area contributed by atoms with Crippen molar-refractivity contribution in [2.45, 2.75) is 27.2 Å². The second-order valence-electron chi connectivity index (χ2n) is 6.10. The van der Waals surface area contributed by atoms with E-state index in [1.807, 2.05) is 13.1 Å². The van der Waals surface area contributed by atoms with E-state index in [1.165, 1.54) is 0 Å². The van der Waals surface area contributed by atoms with Crippen molar-refractivity contribution in [2.75, 3.05) is 20.1 Å². The van der Waals surface area contributed by atoms with Gasteiger partial charge in [-0.3, -0.25) is 4.79 Å². The van der Waals surface area contributed by atoms with Gasteiger partial charge >= 0.3 is 0 Å². The third-order valence-electron chi connectivity index (χ3n) is 2.70. The molecule has 0 radical (unpaired) electrons. The minimum Gasteiger partial charge on any atom is -0.305 e. The number of benzene rings is 1. The maximum absolute atomic E-state index is 12.1. The summed E-state index contributed by atoms with van der Waals surface area (Å²) in [6.45, 7) is 8.29. The molecular weight excluding hydrogens is 326 g/mol. The van der Waals surface area contributed by atoms with Crippen LogP contribution in [0, 0.1) is 5.41 Å². The van der Waals surface area contributed by atoms with Crippen LogP contribution in [0.1, 0.15) is 37.6 Å². The lowest BCUT2D eigenvalue weighted by atomic mass is 9.96. The lowest BCUT2D eigenvalue weighted by Crippen LogP contribution is -2.31. The summed E-state index contributed by atoms with van der Waals surface area (Å²) in [5, 5.41) is 0.512. The van der Waals surface area contributed by atoms with Crippen LogP contribution in [0.4, 0.5) is 0 Å². The predicted molar refractivity (Wildman–Crippen MR) is 85.1 cm³/mol. The van der Waals surface area contributed by atoms with Crippen molar-refractivity contribution in [2.24, 2.45) is 5.41 Å². The molecule has 19 heavy (non-hydrogen) atoms. The van der Waals surface area contributed by atoms with Crippen LogP contribution in [-0.4, -0.2) is 30.8 Å². The Labute approximate surface area is 129 Å². The average Bonchev–Trinajstić information content (AvgIpc) is 2.23. The van der Waals surface area contributed by atoms with E-state index in [2.05, 4.69) is 41.6 Å². The molecule has 0 aromatic heterocycles. The lowest BCUT2D eigenvalue weighted by Gasteiger charge is -2.26. The van der Waals surface area contributed by atoms with Crippen LogP contribution in [0.3, 0.4) is 0 Å². The van der Waals surface area contributed by atoms with Gasteiger partial charge in [0, 0.05) is 29.5 Å². The van der Waals surface area contributed by atoms with E-state index < -0.39 is 0 Å². The summed E-state index contributed by atoms with van der Waals surface area (Å²) in [5.41, 5.74) is 0.849. The Morgan fingerprint density at radius 3 is 2.53 bits per heavy atom. The van der Waals surface area contributed by atoms with Crippen molar-refractivity contribution >= 4 is 33.3 Å². The molecule has 0 saturated carbocycles. The van der Waals surface area contributed by atoms with Crippen LogP contribution in [0.25, 0.3) is 0 Å². The fraction of sp³-hybridized carbons (Fsp3) is 0.533. The molecule has 0 aliphatic heterocycles. The number of nitrogens with zero attached hydrogens (tertiary/aromatic N) is 1. The average molecular weight is 347 g/mol. The fourth-order valence-corrected chi connectivity index (χ4v) is 2.81. The minimum atomic E-state index is 0.0956. The molecule has 4 heteroatoms. The number of carbonyl (C=O) groups excluding carboxylic acids is 1. The van der Waals surface area contributed by atoms with Crippen LogP contribution in [0.5, 0.6) is 0 Å². The van der Waals surface area contributed by atoms with Crippen molar-refractivity contribution in [3.63, 3.8) is 0 Å². The van der Waals surface area contributed by atoms with E-state index in [0.717, 1.165) is 17.6 Å². The second kappa shape index (κ2) is 6.87. The number of carbonyl (C=O) groups is 1. The van der Waals surface area contributed by atoms with E-state index >= 15 is 0 Å². The molecule has 0 atom stereocenters. The molecule has 0 amide bonds. The summed E-state index contributed by atoms with van der Waals surface area (Å²) in [5.74, 6) is 0.0956. The van der Waals surface area contributed by atoms with Crippen molar-refractivity contribution in [1.29, 1.82) is 0 Å². The molecule has 0 bridgehead atoms. The van der Waals surface area contributed by atoms with Gasteiger partial charge in [0.1, 0.15) is 0 Å². The van der Waals surface area contributed by atoms with Gasteiger partial charge in [-0.15, -0.1) is 0 Å². The summed E-state index contributed by atoms with van der Waals surface area (Å²) >= 11 is 9.42. The molecule has 0 aliphatic carbocycles. The smallest absolute Gasteiger partial charge is 0.165 e. The highest BCUT2D eigenvalue weighted by Crippen LogP contribution is 2.22. The number of hydrogen-bond acceptors (Lipinski definition) is 2. The van der Waals surface area contributed by atoms with E-state index in [0.29, 0.717) is 17.0 Å². The Balaban J connectivity index is 2.56. The highest BCUT2D eigenvalue weighted by molar-refractivity contribution is 9.10. The minimum absolute atomic E-state index is 0.0956. The van der Waals surface area contributed by atoms with Gasteiger partial charge in [0.15, 0.2) is 5.78 Å². The number of hydrogen-bond donors (Lipinski definition) is 0. The first-order valence-corrected chi connectivity index (χ1v) is 7.53. The predicted octanol–water partition coefficient (Wildman–Crippen LogP) is 4.65. The van der Waals surface area contributed by atoms with Gasteiger partial charge in [0.2, 0.25) is 0 Å². The van der Waals surface area contributed by atoms with Crippen molar-refractivity contribution in [3.05, 3.63) is 33.3 Å². The van der Waals surface area contributed by atoms with E-state index in [4.69, 9.17) is 11.6 Å². The van der Waals surface area contributed by atoms with Crippen LogP contribution in [0.2, 0.25) is 5.02 Å². The zero-order valence-corrected chi connectivity index (χ0v) is 14.3. The highest BCUT2D eigenvalue weighted by atomic mass is 79.9. The fourth-order valence-electron chi connectivity index (χ4n) is 2.03. The second-order valence-corrected chi connectivity index (χ2v) is 7.42. The van der Waals surface area contributed by atoms with Crippen molar-refractivity contribution in [3.8, 4) is 0 Å². The van der Waals surface area contributed by atoms with Gasteiger partial charge in [-0.25, -0.2) is 0 Å². The quantitative estimate of drug-likeness (QED) is 0.723. The molecule has 0 unspecified atom stereocenters. The SMILES string of the molecule is CN(CCC(=O)c1ccc(Br)cc1Cl)CC(C)(C)C. The van der Waals surface area contributed by atoms with Gasteiger partial charge in [0.25, 0.3) is 0 Å². The molecule has 0 spiro atoms. The summed E-state index contributed by atoms with van der Waals surface area (Å²) in [7, 11) is 2.04. The van der Waals surface area contributed by atoms with Crippen LogP contribution < -0.4 is 0 Å². The number of halogens is 2. The molecule has 106 valence electrons. The normalized spacial score (nSPS) is 11.9. The van der Waals surface area contributed by atoms with Crippen LogP contribution in [-0.2, 0) is 0 Å². The van der Waals surface area contributed by atoms with E-state index in [1.54, 1.807) is 12.1 Å². The Morgan fingerprint density at radius 2 is 2.00 bits per heavy atom. The molecule has 0 fully saturated rings. The van der Waals surface area contributed by atoms with Gasteiger partial charge in [0.05, 0.1) is 5.02 Å². The Hall–Kier alpha value is -0.380.